The molecule has 0 bridgehead atoms. The van der Waals surface area contributed by atoms with Crippen LogP contribution >= 0.6 is 0 Å². The molecule has 0 unspecified atom stereocenters. The molecule has 0 aromatic heterocycles. The molecular weight excluding hydrogens is 293 g/mol. The number of allylic oxidation sites excluding steroid dienone is 1. The molecular formula is C19H18FNO2. The second kappa shape index (κ2) is 7.20. The van der Waals surface area contributed by atoms with Crippen LogP contribution in [0.3, 0.4) is 0 Å². The number of morpholine rings is 1. The number of hydrogen-bond acceptors (Lipinski definition) is 3. The van der Waals surface area contributed by atoms with E-state index in [0.29, 0.717) is 18.8 Å². The fraction of sp³-hybridized carbons (Fsp3) is 0.211. The Labute approximate surface area is 135 Å². The summed E-state index contributed by atoms with van der Waals surface area (Å²) in [5.41, 5.74) is 2.48. The fourth-order valence-corrected chi connectivity index (χ4v) is 2.52. The van der Waals surface area contributed by atoms with Crippen molar-refractivity contribution in [2.24, 2.45) is 0 Å². The maximum atomic E-state index is 12.9. The van der Waals surface area contributed by atoms with Gasteiger partial charge < -0.3 is 9.64 Å². The van der Waals surface area contributed by atoms with Gasteiger partial charge in [-0.25, -0.2) is 4.39 Å². The standard InChI is InChI=1S/C19H18FNO2/c20-17-7-4-15(5-8-17)6-9-19(22)16-2-1-3-18(14-16)21-10-12-23-13-11-21/h1-9,14H,10-13H2. The number of halogens is 1. The number of rotatable bonds is 4. The highest BCUT2D eigenvalue weighted by molar-refractivity contribution is 6.07. The van der Waals surface area contributed by atoms with Crippen molar-refractivity contribution in [1.82, 2.24) is 0 Å². The van der Waals surface area contributed by atoms with Crippen molar-refractivity contribution in [2.45, 2.75) is 0 Å². The number of ketones is 1. The summed E-state index contributed by atoms with van der Waals surface area (Å²) < 4.78 is 18.2. The topological polar surface area (TPSA) is 29.5 Å². The van der Waals surface area contributed by atoms with Gasteiger partial charge in [0.25, 0.3) is 0 Å². The van der Waals surface area contributed by atoms with Crippen LogP contribution in [0.1, 0.15) is 15.9 Å². The monoisotopic (exact) mass is 311 g/mol. The summed E-state index contributed by atoms with van der Waals surface area (Å²) in [6, 6.07) is 13.7. The molecule has 0 atom stereocenters. The predicted molar refractivity (Wildman–Crippen MR) is 89.2 cm³/mol. The van der Waals surface area contributed by atoms with Crippen molar-refractivity contribution in [3.8, 4) is 0 Å². The largest absolute Gasteiger partial charge is 0.378 e. The normalized spacial score (nSPS) is 15.1. The van der Waals surface area contributed by atoms with E-state index in [-0.39, 0.29) is 11.6 Å². The molecule has 3 nitrogen and oxygen atoms in total. The maximum absolute atomic E-state index is 12.9. The molecule has 0 radical (unpaired) electrons. The highest BCUT2D eigenvalue weighted by atomic mass is 19.1. The Balaban J connectivity index is 1.73. The number of nitrogens with zero attached hydrogens (tertiary/aromatic N) is 1. The third-order valence-corrected chi connectivity index (χ3v) is 3.80. The molecule has 0 N–H and O–H groups in total. The number of carbonyl (C=O) groups is 1. The number of hydrogen-bond donors (Lipinski definition) is 0. The van der Waals surface area contributed by atoms with Gasteiger partial charge in [0.1, 0.15) is 5.82 Å². The first-order valence-electron chi connectivity index (χ1n) is 7.63. The average molecular weight is 311 g/mol. The molecule has 1 fully saturated rings. The zero-order valence-electron chi connectivity index (χ0n) is 12.7. The quantitative estimate of drug-likeness (QED) is 0.639. The highest BCUT2D eigenvalue weighted by Gasteiger charge is 2.12. The van der Waals surface area contributed by atoms with Crippen LogP contribution < -0.4 is 4.90 Å². The van der Waals surface area contributed by atoms with Crippen LogP contribution in [0.25, 0.3) is 6.08 Å². The van der Waals surface area contributed by atoms with E-state index in [4.69, 9.17) is 4.74 Å². The van der Waals surface area contributed by atoms with Gasteiger partial charge in [0, 0.05) is 24.3 Å². The smallest absolute Gasteiger partial charge is 0.185 e. The van der Waals surface area contributed by atoms with Gasteiger partial charge in [-0.3, -0.25) is 4.79 Å². The van der Waals surface area contributed by atoms with E-state index in [2.05, 4.69) is 4.90 Å². The van der Waals surface area contributed by atoms with Gasteiger partial charge in [-0.15, -0.1) is 0 Å². The highest BCUT2D eigenvalue weighted by Crippen LogP contribution is 2.18. The molecule has 0 saturated carbocycles. The lowest BCUT2D eigenvalue weighted by molar-refractivity contribution is 0.104. The molecule has 2 aromatic rings. The molecule has 1 heterocycles. The van der Waals surface area contributed by atoms with Crippen LogP contribution in [0.15, 0.2) is 54.6 Å². The lowest BCUT2D eigenvalue weighted by Crippen LogP contribution is -2.36. The summed E-state index contributed by atoms with van der Waals surface area (Å²) in [4.78, 5) is 14.5. The van der Waals surface area contributed by atoms with Gasteiger partial charge in [-0.1, -0.05) is 30.3 Å². The van der Waals surface area contributed by atoms with Gasteiger partial charge in [0.15, 0.2) is 5.78 Å². The molecule has 0 amide bonds. The summed E-state index contributed by atoms with van der Waals surface area (Å²) in [6.45, 7) is 3.09. The van der Waals surface area contributed by atoms with E-state index in [9.17, 15) is 9.18 Å². The van der Waals surface area contributed by atoms with E-state index in [1.54, 1.807) is 24.3 Å². The van der Waals surface area contributed by atoms with Crippen LogP contribution in [0, 0.1) is 5.82 Å². The first kappa shape index (κ1) is 15.4. The fourth-order valence-electron chi connectivity index (χ4n) is 2.52. The Kier molecular flexibility index (Phi) is 4.83. The van der Waals surface area contributed by atoms with Gasteiger partial charge in [0.2, 0.25) is 0 Å². The first-order chi connectivity index (χ1) is 11.2. The lowest BCUT2D eigenvalue weighted by atomic mass is 10.1. The Morgan fingerprint density at radius 1 is 1.09 bits per heavy atom. The minimum absolute atomic E-state index is 0.0653. The Morgan fingerprint density at radius 3 is 2.57 bits per heavy atom. The van der Waals surface area contributed by atoms with Crippen molar-refractivity contribution in [3.63, 3.8) is 0 Å². The third kappa shape index (κ3) is 4.05. The minimum atomic E-state index is -0.285. The lowest BCUT2D eigenvalue weighted by Gasteiger charge is -2.29. The van der Waals surface area contributed by atoms with Crippen molar-refractivity contribution in [1.29, 1.82) is 0 Å². The molecule has 1 aliphatic rings. The summed E-state index contributed by atoms with van der Waals surface area (Å²) in [5.74, 6) is -0.351. The van der Waals surface area contributed by atoms with Crippen molar-refractivity contribution in [3.05, 3.63) is 71.6 Å². The van der Waals surface area contributed by atoms with E-state index in [1.807, 2.05) is 18.2 Å². The predicted octanol–water partition coefficient (Wildman–Crippen LogP) is 3.56. The van der Waals surface area contributed by atoms with E-state index in [0.717, 1.165) is 24.3 Å². The van der Waals surface area contributed by atoms with E-state index in [1.165, 1.54) is 18.2 Å². The number of ether oxygens (including phenoxy) is 1. The molecule has 118 valence electrons. The first-order valence-corrected chi connectivity index (χ1v) is 7.63. The second-order valence-corrected chi connectivity index (χ2v) is 5.40. The van der Waals surface area contributed by atoms with E-state index < -0.39 is 0 Å². The van der Waals surface area contributed by atoms with E-state index >= 15 is 0 Å². The third-order valence-electron chi connectivity index (χ3n) is 3.80. The Bertz CT molecular complexity index is 704. The average Bonchev–Trinajstić information content (AvgIpc) is 2.62. The molecule has 0 spiro atoms. The Hall–Kier alpha value is -2.46. The summed E-state index contributed by atoms with van der Waals surface area (Å²) in [5, 5.41) is 0. The molecule has 1 saturated heterocycles. The number of benzene rings is 2. The molecule has 1 aliphatic heterocycles. The zero-order chi connectivity index (χ0) is 16.1. The number of carbonyl (C=O) groups excluding carboxylic acids is 1. The molecule has 23 heavy (non-hydrogen) atoms. The van der Waals surface area contributed by atoms with Crippen LogP contribution in [-0.4, -0.2) is 32.1 Å². The molecule has 2 aromatic carbocycles. The van der Waals surface area contributed by atoms with Gasteiger partial charge in [-0.05, 0) is 35.9 Å². The van der Waals surface area contributed by atoms with Gasteiger partial charge in [-0.2, -0.15) is 0 Å². The van der Waals surface area contributed by atoms with Crippen LogP contribution in [0.2, 0.25) is 0 Å². The molecule has 0 aliphatic carbocycles. The van der Waals surface area contributed by atoms with Crippen molar-refractivity contribution >= 4 is 17.5 Å². The molecule has 4 heteroatoms. The summed E-state index contributed by atoms with van der Waals surface area (Å²) in [6.07, 6.45) is 3.22. The maximum Gasteiger partial charge on any atom is 0.185 e. The van der Waals surface area contributed by atoms with Gasteiger partial charge >= 0.3 is 0 Å². The van der Waals surface area contributed by atoms with Crippen molar-refractivity contribution in [2.75, 3.05) is 31.2 Å². The second-order valence-electron chi connectivity index (χ2n) is 5.40. The zero-order valence-corrected chi connectivity index (χ0v) is 12.7. The summed E-state index contributed by atoms with van der Waals surface area (Å²) >= 11 is 0. The van der Waals surface area contributed by atoms with Crippen molar-refractivity contribution < 1.29 is 13.9 Å². The number of anilines is 1. The van der Waals surface area contributed by atoms with Crippen LogP contribution in [-0.2, 0) is 4.74 Å². The Morgan fingerprint density at radius 2 is 1.83 bits per heavy atom. The van der Waals surface area contributed by atoms with Gasteiger partial charge in [0.05, 0.1) is 13.2 Å². The molecule has 3 rings (SSSR count). The minimum Gasteiger partial charge on any atom is -0.378 e. The summed E-state index contributed by atoms with van der Waals surface area (Å²) in [7, 11) is 0. The van der Waals surface area contributed by atoms with Crippen LogP contribution in [0.4, 0.5) is 10.1 Å². The van der Waals surface area contributed by atoms with Crippen LogP contribution in [0.5, 0.6) is 0 Å². The SMILES string of the molecule is O=C(C=Cc1ccc(F)cc1)c1cccc(N2CCOCC2)c1.